The van der Waals surface area contributed by atoms with Crippen molar-refractivity contribution >= 4 is 12.1 Å². The Morgan fingerprint density at radius 3 is 2.25 bits per heavy atom. The van der Waals surface area contributed by atoms with Crippen LogP contribution in [0.5, 0.6) is 0 Å². The maximum absolute atomic E-state index is 11.6. The highest BCUT2D eigenvalue weighted by atomic mass is 16.1. The lowest BCUT2D eigenvalue weighted by atomic mass is 9.86. The van der Waals surface area contributed by atoms with E-state index < -0.39 is 0 Å². The van der Waals surface area contributed by atoms with E-state index in [1.807, 2.05) is 27.7 Å². The SMILES string of the molecule is CC(C)(C)C(=O)[C@H]1C[C@@]1(C)C=O. The van der Waals surface area contributed by atoms with Crippen LogP contribution in [0.25, 0.3) is 0 Å². The summed E-state index contributed by atoms with van der Waals surface area (Å²) in [4.78, 5) is 22.2. The first-order valence-corrected chi connectivity index (χ1v) is 4.32. The van der Waals surface area contributed by atoms with E-state index in [9.17, 15) is 9.59 Å². The van der Waals surface area contributed by atoms with E-state index >= 15 is 0 Å². The molecule has 1 fully saturated rings. The van der Waals surface area contributed by atoms with Gasteiger partial charge in [-0.25, -0.2) is 0 Å². The Balaban J connectivity index is 2.66. The van der Waals surface area contributed by atoms with Crippen molar-refractivity contribution < 1.29 is 9.59 Å². The molecule has 0 aliphatic heterocycles. The van der Waals surface area contributed by atoms with Crippen molar-refractivity contribution in [2.75, 3.05) is 0 Å². The average molecular weight is 168 g/mol. The Labute approximate surface area is 73.3 Å². The second kappa shape index (κ2) is 2.41. The molecule has 0 amide bonds. The molecule has 1 aliphatic rings. The van der Waals surface area contributed by atoms with E-state index in [1.165, 1.54) is 0 Å². The minimum atomic E-state index is -0.343. The molecule has 0 radical (unpaired) electrons. The second-order valence-electron chi connectivity index (χ2n) is 4.99. The summed E-state index contributed by atoms with van der Waals surface area (Å²) in [6.45, 7) is 7.56. The zero-order chi connectivity index (χ0) is 9.57. The zero-order valence-corrected chi connectivity index (χ0v) is 8.18. The van der Waals surface area contributed by atoms with Gasteiger partial charge in [-0.15, -0.1) is 0 Å². The zero-order valence-electron chi connectivity index (χ0n) is 8.18. The minimum Gasteiger partial charge on any atom is -0.303 e. The van der Waals surface area contributed by atoms with Gasteiger partial charge in [0.1, 0.15) is 12.1 Å². The van der Waals surface area contributed by atoms with E-state index in [1.54, 1.807) is 0 Å². The van der Waals surface area contributed by atoms with Crippen LogP contribution in [0.15, 0.2) is 0 Å². The number of carbonyl (C=O) groups is 2. The maximum atomic E-state index is 11.6. The van der Waals surface area contributed by atoms with E-state index in [4.69, 9.17) is 0 Å². The summed E-state index contributed by atoms with van der Waals surface area (Å²) in [5, 5.41) is 0. The monoisotopic (exact) mass is 168 g/mol. The third-order valence-electron chi connectivity index (χ3n) is 2.60. The van der Waals surface area contributed by atoms with Gasteiger partial charge in [-0.05, 0) is 6.42 Å². The van der Waals surface area contributed by atoms with Crippen LogP contribution in [0.2, 0.25) is 0 Å². The second-order valence-corrected chi connectivity index (χ2v) is 4.99. The highest BCUT2D eigenvalue weighted by Crippen LogP contribution is 2.53. The smallest absolute Gasteiger partial charge is 0.142 e. The van der Waals surface area contributed by atoms with Crippen molar-refractivity contribution in [3.63, 3.8) is 0 Å². The van der Waals surface area contributed by atoms with Crippen LogP contribution in [-0.4, -0.2) is 12.1 Å². The Hall–Kier alpha value is -0.660. The van der Waals surface area contributed by atoms with Crippen molar-refractivity contribution in [2.24, 2.45) is 16.7 Å². The average Bonchev–Trinajstić information content (AvgIpc) is 2.60. The molecule has 2 nitrogen and oxygen atoms in total. The van der Waals surface area contributed by atoms with Crippen molar-refractivity contribution in [1.29, 1.82) is 0 Å². The molecular formula is C10H16O2. The molecule has 1 saturated carbocycles. The van der Waals surface area contributed by atoms with E-state index in [0.29, 0.717) is 0 Å². The van der Waals surface area contributed by atoms with E-state index in [2.05, 4.69) is 0 Å². The highest BCUT2D eigenvalue weighted by molar-refractivity contribution is 5.93. The summed E-state index contributed by atoms with van der Waals surface area (Å²) in [6.07, 6.45) is 1.66. The molecule has 0 saturated heterocycles. The van der Waals surface area contributed by atoms with Gasteiger partial charge in [0.15, 0.2) is 0 Å². The highest BCUT2D eigenvalue weighted by Gasteiger charge is 2.56. The number of carbonyl (C=O) groups excluding carboxylic acids is 2. The van der Waals surface area contributed by atoms with Gasteiger partial charge in [0.25, 0.3) is 0 Å². The van der Waals surface area contributed by atoms with Crippen molar-refractivity contribution in [2.45, 2.75) is 34.1 Å². The molecule has 0 N–H and O–H groups in total. The van der Waals surface area contributed by atoms with E-state index in [-0.39, 0.29) is 22.5 Å². The topological polar surface area (TPSA) is 34.1 Å². The number of ketones is 1. The van der Waals surface area contributed by atoms with Crippen molar-refractivity contribution in [1.82, 2.24) is 0 Å². The Morgan fingerprint density at radius 2 is 2.00 bits per heavy atom. The third kappa shape index (κ3) is 1.43. The van der Waals surface area contributed by atoms with Gasteiger partial charge < -0.3 is 4.79 Å². The fourth-order valence-corrected chi connectivity index (χ4v) is 1.43. The summed E-state index contributed by atoms with van der Waals surface area (Å²) >= 11 is 0. The summed E-state index contributed by atoms with van der Waals surface area (Å²) in [5.74, 6) is 0.201. The molecule has 1 aliphatic carbocycles. The summed E-state index contributed by atoms with van der Waals surface area (Å²) in [7, 11) is 0. The van der Waals surface area contributed by atoms with Crippen molar-refractivity contribution in [3.05, 3.63) is 0 Å². The Bertz CT molecular complexity index is 224. The maximum Gasteiger partial charge on any atom is 0.142 e. The first-order valence-electron chi connectivity index (χ1n) is 4.32. The van der Waals surface area contributed by atoms with Gasteiger partial charge in [0.2, 0.25) is 0 Å². The van der Waals surface area contributed by atoms with Gasteiger partial charge in [0.05, 0.1) is 0 Å². The number of Topliss-reactive ketones (excluding diaryl/α,β-unsaturated/α-hetero) is 1. The Morgan fingerprint density at radius 1 is 1.50 bits per heavy atom. The molecule has 0 aromatic rings. The van der Waals surface area contributed by atoms with Gasteiger partial charge >= 0.3 is 0 Å². The lowest BCUT2D eigenvalue weighted by molar-refractivity contribution is -0.129. The summed E-state index contributed by atoms with van der Waals surface area (Å²) < 4.78 is 0. The third-order valence-corrected chi connectivity index (χ3v) is 2.60. The number of hydrogen-bond acceptors (Lipinski definition) is 2. The standard InChI is InChI=1S/C10H16O2/c1-9(2,3)8(12)7-5-10(7,4)6-11/h6-7H,5H2,1-4H3/t7-,10+/m1/s1. The molecule has 2 heteroatoms. The van der Waals surface area contributed by atoms with Crippen LogP contribution in [-0.2, 0) is 9.59 Å². The van der Waals surface area contributed by atoms with Crippen LogP contribution >= 0.6 is 0 Å². The van der Waals surface area contributed by atoms with Crippen LogP contribution in [0.1, 0.15) is 34.1 Å². The molecule has 0 unspecified atom stereocenters. The predicted octanol–water partition coefficient (Wildman–Crippen LogP) is 1.83. The number of hydrogen-bond donors (Lipinski definition) is 0. The van der Waals surface area contributed by atoms with Gasteiger partial charge in [-0.3, -0.25) is 4.79 Å². The lowest BCUT2D eigenvalue weighted by Crippen LogP contribution is -2.24. The molecule has 0 bridgehead atoms. The summed E-state index contributed by atoms with van der Waals surface area (Å²) in [6, 6.07) is 0. The molecule has 0 aromatic carbocycles. The predicted molar refractivity (Wildman–Crippen MR) is 46.7 cm³/mol. The Kier molecular flexibility index (Phi) is 1.89. The van der Waals surface area contributed by atoms with Crippen LogP contribution in [0.3, 0.4) is 0 Å². The normalized spacial score (nSPS) is 34.5. The largest absolute Gasteiger partial charge is 0.303 e. The van der Waals surface area contributed by atoms with Gasteiger partial charge in [-0.1, -0.05) is 27.7 Å². The quantitative estimate of drug-likeness (QED) is 0.589. The molecular weight excluding hydrogens is 152 g/mol. The first kappa shape index (κ1) is 9.43. The molecule has 2 atom stereocenters. The van der Waals surface area contributed by atoms with Crippen LogP contribution in [0.4, 0.5) is 0 Å². The molecule has 0 spiro atoms. The van der Waals surface area contributed by atoms with Gasteiger partial charge in [-0.2, -0.15) is 0 Å². The molecule has 0 heterocycles. The number of rotatable bonds is 2. The number of aldehydes is 1. The molecule has 1 rings (SSSR count). The fraction of sp³-hybridized carbons (Fsp3) is 0.800. The van der Waals surface area contributed by atoms with Crippen molar-refractivity contribution in [3.8, 4) is 0 Å². The first-order chi connectivity index (χ1) is 5.31. The molecule has 68 valence electrons. The van der Waals surface area contributed by atoms with E-state index in [0.717, 1.165) is 12.7 Å². The summed E-state index contributed by atoms with van der Waals surface area (Å²) in [5.41, 5.74) is -0.643. The molecule has 12 heavy (non-hydrogen) atoms. The fourth-order valence-electron chi connectivity index (χ4n) is 1.43. The lowest BCUT2D eigenvalue weighted by Gasteiger charge is -2.16. The van der Waals surface area contributed by atoms with Crippen LogP contribution in [0, 0.1) is 16.7 Å². The van der Waals surface area contributed by atoms with Crippen LogP contribution < -0.4 is 0 Å². The van der Waals surface area contributed by atoms with Gasteiger partial charge in [0, 0.05) is 16.7 Å². The molecule has 0 aromatic heterocycles. The minimum absolute atomic E-state index is 0.0185.